The van der Waals surface area contributed by atoms with E-state index in [0.29, 0.717) is 18.2 Å². The molecule has 1 aromatic carbocycles. The smallest absolute Gasteiger partial charge is 0.191 e. The van der Waals surface area contributed by atoms with E-state index < -0.39 is 0 Å². The van der Waals surface area contributed by atoms with Crippen LogP contribution in [-0.4, -0.2) is 42.1 Å². The van der Waals surface area contributed by atoms with E-state index in [9.17, 15) is 9.90 Å². The fourth-order valence-corrected chi connectivity index (χ4v) is 1.87. The monoisotopic (exact) mass is 267 g/mol. The van der Waals surface area contributed by atoms with Gasteiger partial charge >= 0.3 is 0 Å². The second kappa shape index (κ2) is 5.89. The van der Waals surface area contributed by atoms with Crippen molar-refractivity contribution in [3.05, 3.63) is 41.1 Å². The molecule has 0 unspecified atom stereocenters. The average molecular weight is 268 g/mol. The third kappa shape index (κ3) is 3.24. The Balaban J connectivity index is 2.06. The van der Waals surface area contributed by atoms with E-state index >= 15 is 0 Å². The summed E-state index contributed by atoms with van der Waals surface area (Å²) in [5.41, 5.74) is 0.215. The molecule has 0 aliphatic carbocycles. The van der Waals surface area contributed by atoms with Crippen molar-refractivity contribution in [1.82, 2.24) is 4.90 Å². The Labute approximate surface area is 110 Å². The van der Waals surface area contributed by atoms with E-state index in [1.165, 1.54) is 18.2 Å². The number of carbonyl (C=O) groups is 1. The first-order valence-electron chi connectivity index (χ1n) is 5.69. The molecule has 0 saturated carbocycles. The van der Waals surface area contributed by atoms with Gasteiger partial charge in [0.05, 0.1) is 18.8 Å². The van der Waals surface area contributed by atoms with E-state index in [1.807, 2.05) is 4.90 Å². The van der Waals surface area contributed by atoms with Crippen LogP contribution in [0.5, 0.6) is 5.75 Å². The predicted molar refractivity (Wildman–Crippen MR) is 69.0 cm³/mol. The van der Waals surface area contributed by atoms with Gasteiger partial charge in [0.2, 0.25) is 0 Å². The third-order valence-electron chi connectivity index (χ3n) is 2.71. The Kier molecular flexibility index (Phi) is 4.23. The molecule has 1 fully saturated rings. The minimum atomic E-state index is -0.263. The lowest BCUT2D eigenvalue weighted by atomic mass is 10.1. The van der Waals surface area contributed by atoms with Crippen molar-refractivity contribution in [3.8, 4) is 5.75 Å². The van der Waals surface area contributed by atoms with Crippen molar-refractivity contribution in [1.29, 1.82) is 0 Å². The zero-order valence-corrected chi connectivity index (χ0v) is 10.6. The van der Waals surface area contributed by atoms with Crippen LogP contribution in [-0.2, 0) is 4.74 Å². The number of halogens is 1. The molecule has 1 saturated heterocycles. The maximum Gasteiger partial charge on any atom is 0.191 e. The van der Waals surface area contributed by atoms with Gasteiger partial charge in [-0.05, 0) is 18.2 Å². The average Bonchev–Trinajstić information content (AvgIpc) is 2.40. The van der Waals surface area contributed by atoms with Crippen LogP contribution >= 0.6 is 11.6 Å². The van der Waals surface area contributed by atoms with Crippen molar-refractivity contribution in [2.75, 3.05) is 26.3 Å². The summed E-state index contributed by atoms with van der Waals surface area (Å²) in [5.74, 6) is -0.322. The molecular formula is C13H14ClNO3. The number of nitrogens with zero attached hydrogens (tertiary/aromatic N) is 1. The SMILES string of the molecule is O=C(/C=C/N1CCOCC1)c1cc(Cl)ccc1O. The second-order valence-electron chi connectivity index (χ2n) is 3.99. The quantitative estimate of drug-likeness (QED) is 0.673. The summed E-state index contributed by atoms with van der Waals surface area (Å²) in [5, 5.41) is 10.0. The molecule has 1 heterocycles. The van der Waals surface area contributed by atoms with Gasteiger partial charge in [-0.25, -0.2) is 0 Å². The highest BCUT2D eigenvalue weighted by Gasteiger charge is 2.10. The van der Waals surface area contributed by atoms with E-state index in [4.69, 9.17) is 16.3 Å². The van der Waals surface area contributed by atoms with Crippen molar-refractivity contribution in [2.45, 2.75) is 0 Å². The molecule has 2 rings (SSSR count). The van der Waals surface area contributed by atoms with Crippen LogP contribution in [0.4, 0.5) is 0 Å². The number of benzene rings is 1. The van der Waals surface area contributed by atoms with Gasteiger partial charge in [0, 0.05) is 30.4 Å². The molecular weight excluding hydrogens is 254 g/mol. The van der Waals surface area contributed by atoms with Gasteiger partial charge in [0.1, 0.15) is 5.75 Å². The number of hydrogen-bond acceptors (Lipinski definition) is 4. The lowest BCUT2D eigenvalue weighted by Crippen LogP contribution is -2.32. The number of aromatic hydroxyl groups is 1. The molecule has 5 heteroatoms. The number of phenols is 1. The number of carbonyl (C=O) groups excluding carboxylic acids is 1. The lowest BCUT2D eigenvalue weighted by Gasteiger charge is -2.24. The molecule has 1 aliphatic heterocycles. The molecule has 0 bridgehead atoms. The van der Waals surface area contributed by atoms with E-state index in [0.717, 1.165) is 13.1 Å². The highest BCUT2D eigenvalue weighted by molar-refractivity contribution is 6.31. The fourth-order valence-electron chi connectivity index (χ4n) is 1.70. The summed E-state index contributed by atoms with van der Waals surface area (Å²) in [6, 6.07) is 4.42. The highest BCUT2D eigenvalue weighted by atomic mass is 35.5. The molecule has 4 nitrogen and oxygen atoms in total. The molecule has 1 aromatic rings. The van der Waals surface area contributed by atoms with Crippen LogP contribution in [0, 0.1) is 0 Å². The first kappa shape index (κ1) is 12.9. The maximum atomic E-state index is 11.9. The Bertz CT molecular complexity index is 467. The molecule has 0 atom stereocenters. The van der Waals surface area contributed by atoms with Gasteiger partial charge in [-0.15, -0.1) is 0 Å². The number of hydrogen-bond donors (Lipinski definition) is 1. The third-order valence-corrected chi connectivity index (χ3v) is 2.94. The Morgan fingerprint density at radius 2 is 2.11 bits per heavy atom. The number of ketones is 1. The maximum absolute atomic E-state index is 11.9. The van der Waals surface area contributed by atoms with Crippen molar-refractivity contribution in [2.24, 2.45) is 0 Å². The molecule has 0 spiro atoms. The summed E-state index contributed by atoms with van der Waals surface area (Å²) < 4.78 is 5.21. The zero-order chi connectivity index (χ0) is 13.0. The molecule has 0 radical (unpaired) electrons. The number of ether oxygens (including phenoxy) is 1. The van der Waals surface area contributed by atoms with E-state index in [2.05, 4.69) is 0 Å². The number of phenolic OH excluding ortho intramolecular Hbond substituents is 1. The highest BCUT2D eigenvalue weighted by Crippen LogP contribution is 2.22. The summed E-state index contributed by atoms with van der Waals surface area (Å²) in [4.78, 5) is 13.9. The minimum Gasteiger partial charge on any atom is -0.507 e. The Morgan fingerprint density at radius 1 is 1.39 bits per heavy atom. The molecule has 1 N–H and O–H groups in total. The van der Waals surface area contributed by atoms with Crippen molar-refractivity contribution in [3.63, 3.8) is 0 Å². The van der Waals surface area contributed by atoms with Crippen LogP contribution < -0.4 is 0 Å². The van der Waals surface area contributed by atoms with Gasteiger partial charge in [-0.1, -0.05) is 11.6 Å². The van der Waals surface area contributed by atoms with Gasteiger partial charge < -0.3 is 14.7 Å². The molecule has 0 amide bonds. The lowest BCUT2D eigenvalue weighted by molar-refractivity contribution is 0.0591. The van der Waals surface area contributed by atoms with Crippen LogP contribution in [0.2, 0.25) is 5.02 Å². The topological polar surface area (TPSA) is 49.8 Å². The predicted octanol–water partition coefficient (Wildman–Crippen LogP) is 2.07. The van der Waals surface area contributed by atoms with Crippen molar-refractivity contribution >= 4 is 17.4 Å². The van der Waals surface area contributed by atoms with Gasteiger partial charge in [0.25, 0.3) is 0 Å². The summed E-state index contributed by atoms with van der Waals surface area (Å²) in [7, 11) is 0. The fraction of sp³-hybridized carbons (Fsp3) is 0.308. The van der Waals surface area contributed by atoms with E-state index in [1.54, 1.807) is 12.3 Å². The molecule has 18 heavy (non-hydrogen) atoms. The van der Waals surface area contributed by atoms with Gasteiger partial charge in [-0.3, -0.25) is 4.79 Å². The van der Waals surface area contributed by atoms with E-state index in [-0.39, 0.29) is 17.1 Å². The first-order chi connectivity index (χ1) is 8.66. The molecule has 1 aliphatic rings. The van der Waals surface area contributed by atoms with Crippen LogP contribution in [0.3, 0.4) is 0 Å². The Morgan fingerprint density at radius 3 is 2.83 bits per heavy atom. The second-order valence-corrected chi connectivity index (χ2v) is 4.43. The normalized spacial score (nSPS) is 16.2. The summed E-state index contributed by atoms with van der Waals surface area (Å²) in [6.45, 7) is 2.87. The molecule has 0 aromatic heterocycles. The number of allylic oxidation sites excluding steroid dienone is 1. The van der Waals surface area contributed by atoms with Crippen LogP contribution in [0.25, 0.3) is 0 Å². The Hall–Kier alpha value is -1.52. The van der Waals surface area contributed by atoms with Gasteiger partial charge in [-0.2, -0.15) is 0 Å². The van der Waals surface area contributed by atoms with Crippen molar-refractivity contribution < 1.29 is 14.6 Å². The zero-order valence-electron chi connectivity index (χ0n) is 9.80. The van der Waals surface area contributed by atoms with Crippen LogP contribution in [0.15, 0.2) is 30.5 Å². The molecule has 96 valence electrons. The minimum absolute atomic E-state index is 0.0592. The number of morpholine rings is 1. The summed E-state index contributed by atoms with van der Waals surface area (Å²) >= 11 is 5.80. The number of rotatable bonds is 3. The summed E-state index contributed by atoms with van der Waals surface area (Å²) in [6.07, 6.45) is 3.17. The van der Waals surface area contributed by atoms with Crippen LogP contribution in [0.1, 0.15) is 10.4 Å². The first-order valence-corrected chi connectivity index (χ1v) is 6.07. The standard InChI is InChI=1S/C13H14ClNO3/c14-10-1-2-12(16)11(9-10)13(17)3-4-15-5-7-18-8-6-15/h1-4,9,16H,5-8H2/b4-3+. The van der Waals surface area contributed by atoms with Gasteiger partial charge in [0.15, 0.2) is 5.78 Å². The largest absolute Gasteiger partial charge is 0.507 e.